The van der Waals surface area contributed by atoms with Crippen molar-refractivity contribution in [1.82, 2.24) is 9.97 Å². The van der Waals surface area contributed by atoms with Gasteiger partial charge in [-0.05, 0) is 18.6 Å². The zero-order valence-electron chi connectivity index (χ0n) is 9.90. The molecule has 1 heterocycles. The fraction of sp³-hybridized carbons (Fsp3) is 0.0833. The molecule has 0 aliphatic rings. The van der Waals surface area contributed by atoms with Crippen molar-refractivity contribution in [2.24, 2.45) is 0 Å². The van der Waals surface area contributed by atoms with Crippen LogP contribution in [0, 0.1) is 28.4 Å². The molecule has 7 nitrogen and oxygen atoms in total. The predicted octanol–water partition coefficient (Wildman–Crippen LogP) is 2.36. The van der Waals surface area contributed by atoms with Crippen molar-refractivity contribution in [2.45, 2.75) is 6.92 Å². The Kier molecular flexibility index (Phi) is 3.34. The number of aromatic nitrogens is 2. The summed E-state index contributed by atoms with van der Waals surface area (Å²) in [5, 5.41) is 19.2. The van der Waals surface area contributed by atoms with E-state index < -0.39 is 4.92 Å². The number of rotatable bonds is 3. The molecular formula is C12H8N4O3. The van der Waals surface area contributed by atoms with E-state index in [-0.39, 0.29) is 17.3 Å². The van der Waals surface area contributed by atoms with E-state index in [1.165, 1.54) is 30.6 Å². The van der Waals surface area contributed by atoms with Crippen molar-refractivity contribution < 1.29 is 9.66 Å². The van der Waals surface area contributed by atoms with Crippen molar-refractivity contribution in [1.29, 1.82) is 5.26 Å². The molecule has 0 atom stereocenters. The van der Waals surface area contributed by atoms with Crippen LogP contribution in [0.3, 0.4) is 0 Å². The number of ether oxygens (including phenoxy) is 1. The molecule has 19 heavy (non-hydrogen) atoms. The molecule has 0 aliphatic heterocycles. The number of non-ortho nitro benzene ring substituents is 1. The molecule has 2 rings (SSSR count). The topological polar surface area (TPSA) is 102 Å². The maximum atomic E-state index is 10.6. The van der Waals surface area contributed by atoms with Gasteiger partial charge in [-0.15, -0.1) is 0 Å². The summed E-state index contributed by atoms with van der Waals surface area (Å²) < 4.78 is 5.44. The van der Waals surface area contributed by atoms with E-state index >= 15 is 0 Å². The fourth-order valence-electron chi connectivity index (χ4n) is 1.40. The lowest BCUT2D eigenvalue weighted by molar-refractivity contribution is -0.384. The second kappa shape index (κ2) is 5.10. The zero-order chi connectivity index (χ0) is 13.8. The van der Waals surface area contributed by atoms with Gasteiger partial charge in [-0.25, -0.2) is 9.97 Å². The molecule has 0 N–H and O–H groups in total. The van der Waals surface area contributed by atoms with Gasteiger partial charge >= 0.3 is 0 Å². The van der Waals surface area contributed by atoms with E-state index in [4.69, 9.17) is 10.00 Å². The highest BCUT2D eigenvalue weighted by Gasteiger charge is 2.10. The van der Waals surface area contributed by atoms with E-state index in [1.54, 1.807) is 6.92 Å². The van der Waals surface area contributed by atoms with Gasteiger partial charge in [0, 0.05) is 12.1 Å². The van der Waals surface area contributed by atoms with Crippen LogP contribution in [0.2, 0.25) is 0 Å². The summed E-state index contributed by atoms with van der Waals surface area (Å²) in [4.78, 5) is 17.8. The third-order valence-corrected chi connectivity index (χ3v) is 2.33. The fourth-order valence-corrected chi connectivity index (χ4v) is 1.40. The van der Waals surface area contributed by atoms with E-state index in [0.717, 1.165) is 0 Å². The molecule has 7 heteroatoms. The summed E-state index contributed by atoms with van der Waals surface area (Å²) in [5.74, 6) is 0.667. The summed E-state index contributed by atoms with van der Waals surface area (Å²) >= 11 is 0. The third-order valence-electron chi connectivity index (χ3n) is 2.33. The van der Waals surface area contributed by atoms with Crippen LogP contribution in [0.25, 0.3) is 0 Å². The van der Waals surface area contributed by atoms with Crippen molar-refractivity contribution in [2.75, 3.05) is 0 Å². The van der Waals surface area contributed by atoms with Crippen LogP contribution in [-0.2, 0) is 0 Å². The van der Waals surface area contributed by atoms with Crippen LogP contribution >= 0.6 is 0 Å². The first-order valence-corrected chi connectivity index (χ1v) is 5.25. The Labute approximate surface area is 108 Å². The van der Waals surface area contributed by atoms with Gasteiger partial charge in [0.05, 0.1) is 17.3 Å². The Morgan fingerprint density at radius 3 is 2.68 bits per heavy atom. The van der Waals surface area contributed by atoms with Crippen LogP contribution in [0.5, 0.6) is 11.6 Å². The number of aryl methyl sites for hydroxylation is 1. The molecule has 0 amide bonds. The minimum atomic E-state index is -0.474. The van der Waals surface area contributed by atoms with Crippen molar-refractivity contribution in [3.05, 3.63) is 52.0 Å². The minimum Gasteiger partial charge on any atom is -0.437 e. The predicted molar refractivity (Wildman–Crippen MR) is 64.7 cm³/mol. The van der Waals surface area contributed by atoms with Gasteiger partial charge in [0.25, 0.3) is 5.69 Å². The molecule has 0 bridgehead atoms. The Balaban J connectivity index is 2.23. The molecule has 0 aliphatic carbocycles. The summed E-state index contributed by atoms with van der Waals surface area (Å²) in [7, 11) is 0. The molecule has 0 fully saturated rings. The lowest BCUT2D eigenvalue weighted by Crippen LogP contribution is -1.94. The van der Waals surface area contributed by atoms with Crippen LogP contribution < -0.4 is 4.74 Å². The highest BCUT2D eigenvalue weighted by molar-refractivity contribution is 5.44. The maximum Gasteiger partial charge on any atom is 0.269 e. The standard InChI is InChI=1S/C12H8N4O3/c1-8-4-10(16(17)18)2-3-11(8)19-12-7-14-9(5-13)6-15-12/h2-4,6-7H,1H3. The zero-order valence-corrected chi connectivity index (χ0v) is 9.90. The highest BCUT2D eigenvalue weighted by Crippen LogP contribution is 2.26. The van der Waals surface area contributed by atoms with Gasteiger partial charge in [-0.1, -0.05) is 0 Å². The highest BCUT2D eigenvalue weighted by atomic mass is 16.6. The summed E-state index contributed by atoms with van der Waals surface area (Å²) in [5.41, 5.74) is 0.795. The van der Waals surface area contributed by atoms with Gasteiger partial charge in [0.15, 0.2) is 5.69 Å². The molecular weight excluding hydrogens is 248 g/mol. The first-order chi connectivity index (χ1) is 9.10. The summed E-state index contributed by atoms with van der Waals surface area (Å²) in [6.45, 7) is 1.69. The van der Waals surface area contributed by atoms with Crippen molar-refractivity contribution >= 4 is 5.69 Å². The summed E-state index contributed by atoms with van der Waals surface area (Å²) in [6, 6.07) is 6.09. The smallest absolute Gasteiger partial charge is 0.269 e. The Morgan fingerprint density at radius 2 is 2.16 bits per heavy atom. The van der Waals surface area contributed by atoms with Gasteiger partial charge in [0.2, 0.25) is 5.88 Å². The van der Waals surface area contributed by atoms with Gasteiger partial charge in [0.1, 0.15) is 11.8 Å². The molecule has 0 unspecified atom stereocenters. The Bertz CT molecular complexity index is 662. The number of benzene rings is 1. The molecule has 1 aromatic carbocycles. The van der Waals surface area contributed by atoms with Crippen LogP contribution in [-0.4, -0.2) is 14.9 Å². The SMILES string of the molecule is Cc1cc([N+](=O)[O-])ccc1Oc1cnc(C#N)cn1. The molecule has 2 aromatic rings. The maximum absolute atomic E-state index is 10.6. The average molecular weight is 256 g/mol. The molecule has 0 radical (unpaired) electrons. The molecule has 0 saturated heterocycles. The monoisotopic (exact) mass is 256 g/mol. The lowest BCUT2D eigenvalue weighted by atomic mass is 10.2. The second-order valence-corrected chi connectivity index (χ2v) is 3.66. The number of hydrogen-bond acceptors (Lipinski definition) is 6. The number of hydrogen-bond donors (Lipinski definition) is 0. The van der Waals surface area contributed by atoms with Crippen molar-refractivity contribution in [3.8, 4) is 17.7 Å². The largest absolute Gasteiger partial charge is 0.437 e. The lowest BCUT2D eigenvalue weighted by Gasteiger charge is -2.06. The Morgan fingerprint density at radius 1 is 1.37 bits per heavy atom. The number of nitrogens with zero attached hydrogens (tertiary/aromatic N) is 4. The van der Waals surface area contributed by atoms with Crippen LogP contribution in [0.1, 0.15) is 11.3 Å². The number of nitro groups is 1. The second-order valence-electron chi connectivity index (χ2n) is 3.66. The van der Waals surface area contributed by atoms with E-state index in [2.05, 4.69) is 9.97 Å². The number of nitro benzene ring substituents is 1. The quantitative estimate of drug-likeness (QED) is 0.617. The van der Waals surface area contributed by atoms with Crippen LogP contribution in [0.4, 0.5) is 5.69 Å². The van der Waals surface area contributed by atoms with Gasteiger partial charge in [-0.2, -0.15) is 5.26 Å². The number of nitriles is 1. The molecule has 0 spiro atoms. The van der Waals surface area contributed by atoms with Gasteiger partial charge < -0.3 is 4.74 Å². The normalized spacial score (nSPS) is 9.68. The summed E-state index contributed by atoms with van der Waals surface area (Å²) in [6.07, 6.45) is 2.61. The minimum absolute atomic E-state index is 0.00392. The molecule has 94 valence electrons. The Hall–Kier alpha value is -3.01. The molecule has 1 aromatic heterocycles. The first kappa shape index (κ1) is 12.4. The van der Waals surface area contributed by atoms with Crippen LogP contribution in [0.15, 0.2) is 30.6 Å². The molecule has 0 saturated carbocycles. The first-order valence-electron chi connectivity index (χ1n) is 5.25. The average Bonchev–Trinajstić information content (AvgIpc) is 2.41. The van der Waals surface area contributed by atoms with Crippen molar-refractivity contribution in [3.63, 3.8) is 0 Å². The van der Waals surface area contributed by atoms with E-state index in [9.17, 15) is 10.1 Å². The van der Waals surface area contributed by atoms with E-state index in [0.29, 0.717) is 11.3 Å². The van der Waals surface area contributed by atoms with Gasteiger partial charge in [-0.3, -0.25) is 10.1 Å². The van der Waals surface area contributed by atoms with E-state index in [1.807, 2.05) is 6.07 Å². The third kappa shape index (κ3) is 2.81.